The predicted octanol–water partition coefficient (Wildman–Crippen LogP) is 3.50. The summed E-state index contributed by atoms with van der Waals surface area (Å²) in [7, 11) is 0. The van der Waals surface area contributed by atoms with Crippen molar-refractivity contribution >= 4 is 11.3 Å². The molecule has 1 nitrogen and oxygen atoms in total. The molecule has 0 aliphatic rings. The minimum Gasteiger partial charge on any atom is -0.237 e. The summed E-state index contributed by atoms with van der Waals surface area (Å²) < 4.78 is 35.2. The van der Waals surface area contributed by atoms with E-state index in [9.17, 15) is 13.2 Å². The van der Waals surface area contributed by atoms with Gasteiger partial charge in [0.15, 0.2) is 5.69 Å². The van der Waals surface area contributed by atoms with Gasteiger partial charge in [0, 0.05) is 5.38 Å². The predicted molar refractivity (Wildman–Crippen MR) is 43.2 cm³/mol. The molecule has 0 spiro atoms. The lowest BCUT2D eigenvalue weighted by Crippen LogP contribution is -2.04. The number of aryl methyl sites for hydroxylation is 1. The second-order valence-corrected chi connectivity index (χ2v) is 2.81. The molecule has 0 aliphatic heterocycles. The fourth-order valence-corrected chi connectivity index (χ4v) is 1.11. The molecule has 1 aromatic heterocycles. The fraction of sp³-hybridized carbons (Fsp3) is 0.571. The quantitative estimate of drug-likeness (QED) is 0.620. The first kappa shape index (κ1) is 11.4. The van der Waals surface area contributed by atoms with E-state index in [1.165, 1.54) is 0 Å². The molecule has 0 atom stereocenters. The monoisotopic (exact) mass is 197 g/mol. The highest BCUT2D eigenvalue weighted by Gasteiger charge is 2.33. The van der Waals surface area contributed by atoms with Crippen LogP contribution in [0, 0.1) is 6.92 Å². The molecule has 0 unspecified atom stereocenters. The third-order valence-electron chi connectivity index (χ3n) is 0.909. The lowest BCUT2D eigenvalue weighted by atomic mass is 10.5. The van der Waals surface area contributed by atoms with E-state index in [4.69, 9.17) is 0 Å². The highest BCUT2D eigenvalue weighted by Crippen LogP contribution is 2.29. The van der Waals surface area contributed by atoms with Crippen LogP contribution in [0.5, 0.6) is 0 Å². The van der Waals surface area contributed by atoms with Crippen LogP contribution in [-0.2, 0) is 6.18 Å². The van der Waals surface area contributed by atoms with E-state index in [2.05, 4.69) is 4.98 Å². The van der Waals surface area contributed by atoms with Gasteiger partial charge < -0.3 is 0 Å². The molecule has 0 saturated heterocycles. The van der Waals surface area contributed by atoms with E-state index in [1.54, 1.807) is 6.92 Å². The summed E-state index contributed by atoms with van der Waals surface area (Å²) in [6, 6.07) is 0. The Labute approximate surface area is 73.3 Å². The summed E-state index contributed by atoms with van der Waals surface area (Å²) in [6.07, 6.45) is -4.29. The number of thiazole rings is 1. The molecule has 0 radical (unpaired) electrons. The van der Waals surface area contributed by atoms with Crippen LogP contribution >= 0.6 is 11.3 Å². The molecular formula is C7H10F3NS. The van der Waals surface area contributed by atoms with Crippen LogP contribution in [0.4, 0.5) is 13.2 Å². The average Bonchev–Trinajstić information content (AvgIpc) is 2.39. The number of hydrogen-bond acceptors (Lipinski definition) is 2. The maximum absolute atomic E-state index is 11.7. The van der Waals surface area contributed by atoms with Gasteiger partial charge in [-0.3, -0.25) is 0 Å². The molecule has 0 aromatic carbocycles. The Bertz CT molecular complexity index is 229. The molecule has 0 saturated carbocycles. The van der Waals surface area contributed by atoms with Gasteiger partial charge in [0.25, 0.3) is 0 Å². The zero-order valence-electron chi connectivity index (χ0n) is 7.07. The highest BCUT2D eigenvalue weighted by molar-refractivity contribution is 7.09. The van der Waals surface area contributed by atoms with Gasteiger partial charge in [-0.15, -0.1) is 11.3 Å². The van der Waals surface area contributed by atoms with Crippen molar-refractivity contribution in [1.29, 1.82) is 0 Å². The Balaban J connectivity index is 0.000000561. The Morgan fingerprint density at radius 3 is 2.00 bits per heavy atom. The van der Waals surface area contributed by atoms with Gasteiger partial charge in [0.2, 0.25) is 0 Å². The number of aromatic nitrogens is 1. The standard InChI is InChI=1S/C5H4F3NS.C2H6/c1-3-9-4(2-10-3)5(6,7)8;1-2/h2H,1H3;1-2H3. The average molecular weight is 197 g/mol. The van der Waals surface area contributed by atoms with Crippen molar-refractivity contribution in [3.63, 3.8) is 0 Å². The molecule has 1 heterocycles. The van der Waals surface area contributed by atoms with Crippen LogP contribution in [0.3, 0.4) is 0 Å². The lowest BCUT2D eigenvalue weighted by molar-refractivity contribution is -0.140. The van der Waals surface area contributed by atoms with Crippen LogP contribution in [0.2, 0.25) is 0 Å². The minimum atomic E-state index is -4.29. The van der Waals surface area contributed by atoms with Gasteiger partial charge in [-0.1, -0.05) is 13.8 Å². The van der Waals surface area contributed by atoms with E-state index in [1.807, 2.05) is 13.8 Å². The Morgan fingerprint density at radius 2 is 1.83 bits per heavy atom. The van der Waals surface area contributed by atoms with E-state index in [0.717, 1.165) is 16.7 Å². The van der Waals surface area contributed by atoms with E-state index in [0.29, 0.717) is 5.01 Å². The van der Waals surface area contributed by atoms with Gasteiger partial charge in [0.1, 0.15) is 0 Å². The molecule has 0 bridgehead atoms. The summed E-state index contributed by atoms with van der Waals surface area (Å²) in [4.78, 5) is 3.28. The second-order valence-electron chi connectivity index (χ2n) is 1.75. The van der Waals surface area contributed by atoms with Crippen molar-refractivity contribution in [2.45, 2.75) is 26.9 Å². The second kappa shape index (κ2) is 4.45. The highest BCUT2D eigenvalue weighted by atomic mass is 32.1. The van der Waals surface area contributed by atoms with Crippen LogP contribution in [0.1, 0.15) is 24.5 Å². The number of alkyl halides is 3. The fourth-order valence-electron chi connectivity index (χ4n) is 0.494. The molecule has 5 heteroatoms. The summed E-state index contributed by atoms with van der Waals surface area (Å²) in [5.74, 6) is 0. The van der Waals surface area contributed by atoms with Gasteiger partial charge in [-0.25, -0.2) is 4.98 Å². The summed E-state index contributed by atoms with van der Waals surface area (Å²) in [6.45, 7) is 5.54. The Kier molecular flexibility index (Phi) is 4.23. The topological polar surface area (TPSA) is 12.9 Å². The van der Waals surface area contributed by atoms with Crippen LogP contribution in [-0.4, -0.2) is 4.98 Å². The molecule has 1 rings (SSSR count). The van der Waals surface area contributed by atoms with E-state index >= 15 is 0 Å². The van der Waals surface area contributed by atoms with Gasteiger partial charge in [-0.2, -0.15) is 13.2 Å². The minimum absolute atomic E-state index is 0.437. The molecular weight excluding hydrogens is 187 g/mol. The van der Waals surface area contributed by atoms with Crippen molar-refractivity contribution in [2.75, 3.05) is 0 Å². The maximum Gasteiger partial charge on any atom is 0.434 e. The van der Waals surface area contributed by atoms with E-state index < -0.39 is 11.9 Å². The summed E-state index contributed by atoms with van der Waals surface area (Å²) in [5, 5.41) is 1.45. The molecule has 0 fully saturated rings. The first-order chi connectivity index (χ1) is 5.50. The van der Waals surface area contributed by atoms with Crippen molar-refractivity contribution in [3.05, 3.63) is 16.1 Å². The third kappa shape index (κ3) is 3.21. The molecule has 70 valence electrons. The number of hydrogen-bond donors (Lipinski definition) is 0. The Hall–Kier alpha value is -0.580. The zero-order valence-corrected chi connectivity index (χ0v) is 7.88. The van der Waals surface area contributed by atoms with Crippen molar-refractivity contribution in [3.8, 4) is 0 Å². The SMILES string of the molecule is CC.Cc1nc(C(F)(F)F)cs1. The molecule has 0 amide bonds. The van der Waals surface area contributed by atoms with Gasteiger partial charge in [0.05, 0.1) is 5.01 Å². The largest absolute Gasteiger partial charge is 0.434 e. The maximum atomic E-state index is 11.7. The van der Waals surface area contributed by atoms with Crippen molar-refractivity contribution < 1.29 is 13.2 Å². The first-order valence-corrected chi connectivity index (χ1v) is 4.37. The number of rotatable bonds is 0. The normalized spacial score (nSPS) is 10.5. The summed E-state index contributed by atoms with van der Waals surface area (Å²) >= 11 is 1.00. The van der Waals surface area contributed by atoms with Crippen molar-refractivity contribution in [1.82, 2.24) is 4.98 Å². The molecule has 1 aromatic rings. The van der Waals surface area contributed by atoms with Crippen LogP contribution in [0.25, 0.3) is 0 Å². The molecule has 0 aliphatic carbocycles. The molecule has 0 N–H and O–H groups in total. The van der Waals surface area contributed by atoms with Crippen LogP contribution in [0.15, 0.2) is 5.38 Å². The smallest absolute Gasteiger partial charge is 0.237 e. The van der Waals surface area contributed by atoms with Gasteiger partial charge in [-0.05, 0) is 6.92 Å². The molecule has 12 heavy (non-hydrogen) atoms. The lowest BCUT2D eigenvalue weighted by Gasteiger charge is -1.98. The number of halogens is 3. The summed E-state index contributed by atoms with van der Waals surface area (Å²) in [5.41, 5.74) is -0.796. The Morgan fingerprint density at radius 1 is 1.33 bits per heavy atom. The van der Waals surface area contributed by atoms with Crippen LogP contribution < -0.4 is 0 Å². The number of nitrogens with zero attached hydrogens (tertiary/aromatic N) is 1. The zero-order chi connectivity index (χ0) is 9.78. The van der Waals surface area contributed by atoms with Gasteiger partial charge >= 0.3 is 6.18 Å². The first-order valence-electron chi connectivity index (χ1n) is 3.49. The van der Waals surface area contributed by atoms with E-state index in [-0.39, 0.29) is 0 Å². The third-order valence-corrected chi connectivity index (χ3v) is 1.68. The van der Waals surface area contributed by atoms with Crippen molar-refractivity contribution in [2.24, 2.45) is 0 Å².